The number of aromatic amines is 1. The van der Waals surface area contributed by atoms with Crippen LogP contribution in [-0.4, -0.2) is 39.8 Å². The molecule has 0 spiro atoms. The van der Waals surface area contributed by atoms with E-state index in [-0.39, 0.29) is 17.7 Å². The van der Waals surface area contributed by atoms with Crippen molar-refractivity contribution in [3.63, 3.8) is 0 Å². The normalized spacial score (nSPS) is 15.3. The van der Waals surface area contributed by atoms with Crippen LogP contribution in [0.25, 0.3) is 10.9 Å². The Morgan fingerprint density at radius 3 is 2.78 bits per heavy atom. The first-order valence-corrected chi connectivity index (χ1v) is 10.1. The highest BCUT2D eigenvalue weighted by Gasteiger charge is 2.28. The number of H-pyrrole nitrogens is 1. The van der Waals surface area contributed by atoms with E-state index in [1.807, 2.05) is 30.5 Å². The molecule has 0 atom stereocenters. The number of rotatable bonds is 3. The number of likely N-dealkylation sites (tertiary alicyclic amines) is 1. The molecule has 1 aliphatic rings. The molecule has 2 amide bonds. The number of fused-ring (bicyclic) bond motifs is 1. The second-order valence-corrected chi connectivity index (χ2v) is 8.06. The summed E-state index contributed by atoms with van der Waals surface area (Å²) in [6.07, 6.45) is 1.29. The lowest BCUT2D eigenvalue weighted by Crippen LogP contribution is -2.41. The fraction of sp³-hybridized carbons (Fsp3) is 0.316. The number of amides is 2. The van der Waals surface area contributed by atoms with Crippen LogP contribution >= 0.6 is 22.9 Å². The number of carbonyl (C=O) groups is 2. The largest absolute Gasteiger partial charge is 0.351 e. The van der Waals surface area contributed by atoms with E-state index in [1.54, 1.807) is 11.0 Å². The average Bonchev–Trinajstić information content (AvgIpc) is 3.26. The number of aromatic nitrogens is 2. The van der Waals surface area contributed by atoms with Gasteiger partial charge in [0.2, 0.25) is 5.91 Å². The molecule has 1 saturated heterocycles. The molecule has 0 bridgehead atoms. The predicted octanol–water partition coefficient (Wildman–Crippen LogP) is 4.08. The molecule has 27 heavy (non-hydrogen) atoms. The van der Waals surface area contributed by atoms with Crippen LogP contribution < -0.4 is 5.32 Å². The molecule has 8 heteroatoms. The Labute approximate surface area is 165 Å². The molecule has 4 rings (SSSR count). The van der Waals surface area contributed by atoms with Crippen LogP contribution in [-0.2, 0) is 4.79 Å². The van der Waals surface area contributed by atoms with Gasteiger partial charge in [-0.25, -0.2) is 4.98 Å². The smallest absolute Gasteiger partial charge is 0.270 e. The van der Waals surface area contributed by atoms with Gasteiger partial charge >= 0.3 is 0 Å². The molecule has 0 unspecified atom stereocenters. The number of hydrogen-bond acceptors (Lipinski definition) is 4. The summed E-state index contributed by atoms with van der Waals surface area (Å²) in [6, 6.07) is 7.32. The van der Waals surface area contributed by atoms with Crippen molar-refractivity contribution in [3.05, 3.63) is 46.1 Å². The van der Waals surface area contributed by atoms with Crippen LogP contribution in [0.5, 0.6) is 0 Å². The van der Waals surface area contributed by atoms with Crippen LogP contribution in [0.15, 0.2) is 29.6 Å². The maximum Gasteiger partial charge on any atom is 0.270 e. The van der Waals surface area contributed by atoms with E-state index in [0.717, 1.165) is 16.6 Å². The Morgan fingerprint density at radius 1 is 1.30 bits per heavy atom. The third-order valence-corrected chi connectivity index (χ3v) is 5.93. The zero-order chi connectivity index (χ0) is 19.0. The summed E-state index contributed by atoms with van der Waals surface area (Å²) < 4.78 is 0. The molecule has 0 aliphatic carbocycles. The van der Waals surface area contributed by atoms with Crippen LogP contribution in [0, 0.1) is 12.8 Å². The van der Waals surface area contributed by atoms with Crippen LogP contribution in [0.2, 0.25) is 5.02 Å². The summed E-state index contributed by atoms with van der Waals surface area (Å²) in [5, 5.41) is 6.97. The lowest BCUT2D eigenvalue weighted by Gasteiger charge is -2.30. The molecule has 1 aliphatic heterocycles. The first kappa shape index (κ1) is 18.0. The lowest BCUT2D eigenvalue weighted by atomic mass is 9.96. The Bertz CT molecular complexity index is 1000. The van der Waals surface area contributed by atoms with Crippen molar-refractivity contribution in [1.29, 1.82) is 0 Å². The highest BCUT2D eigenvalue weighted by Crippen LogP contribution is 2.24. The van der Waals surface area contributed by atoms with Gasteiger partial charge in [0.15, 0.2) is 5.13 Å². The van der Waals surface area contributed by atoms with E-state index >= 15 is 0 Å². The van der Waals surface area contributed by atoms with Crippen molar-refractivity contribution < 1.29 is 9.59 Å². The molecule has 140 valence electrons. The molecule has 3 heterocycles. The number of nitrogens with one attached hydrogen (secondary N) is 2. The van der Waals surface area contributed by atoms with Gasteiger partial charge in [0.25, 0.3) is 5.91 Å². The number of benzene rings is 1. The predicted molar refractivity (Wildman–Crippen MR) is 107 cm³/mol. The second kappa shape index (κ2) is 7.32. The van der Waals surface area contributed by atoms with Crippen molar-refractivity contribution in [2.45, 2.75) is 19.8 Å². The average molecular weight is 403 g/mol. The van der Waals surface area contributed by atoms with Crippen molar-refractivity contribution in [2.24, 2.45) is 5.92 Å². The van der Waals surface area contributed by atoms with Gasteiger partial charge in [-0.3, -0.25) is 9.59 Å². The molecule has 0 saturated carbocycles. The third-order valence-electron chi connectivity index (χ3n) is 4.82. The number of thiazole rings is 1. The maximum absolute atomic E-state index is 12.8. The van der Waals surface area contributed by atoms with E-state index in [1.165, 1.54) is 11.3 Å². The molecule has 0 radical (unpaired) electrons. The molecule has 2 N–H and O–H groups in total. The van der Waals surface area contributed by atoms with Crippen molar-refractivity contribution in [3.8, 4) is 0 Å². The Hall–Kier alpha value is -2.38. The molecule has 1 fully saturated rings. The van der Waals surface area contributed by atoms with Gasteiger partial charge < -0.3 is 15.2 Å². The summed E-state index contributed by atoms with van der Waals surface area (Å²) in [4.78, 5) is 34.4. The van der Waals surface area contributed by atoms with E-state index in [2.05, 4.69) is 15.3 Å². The van der Waals surface area contributed by atoms with Gasteiger partial charge in [0.05, 0.1) is 5.69 Å². The van der Waals surface area contributed by atoms with Crippen LogP contribution in [0.1, 0.15) is 29.0 Å². The number of hydrogen-bond donors (Lipinski definition) is 2. The quantitative estimate of drug-likeness (QED) is 0.692. The van der Waals surface area contributed by atoms with Crippen molar-refractivity contribution in [2.75, 3.05) is 18.4 Å². The zero-order valence-electron chi connectivity index (χ0n) is 14.8. The summed E-state index contributed by atoms with van der Waals surface area (Å²) in [7, 11) is 0. The summed E-state index contributed by atoms with van der Waals surface area (Å²) >= 11 is 7.44. The van der Waals surface area contributed by atoms with Gasteiger partial charge in [0.1, 0.15) is 5.69 Å². The Balaban J connectivity index is 1.37. The molecular formula is C19H19ClN4O2S. The van der Waals surface area contributed by atoms with Crippen molar-refractivity contribution >= 4 is 50.8 Å². The van der Waals surface area contributed by atoms with Crippen LogP contribution in [0.3, 0.4) is 0 Å². The minimum atomic E-state index is -0.0974. The van der Waals surface area contributed by atoms with Gasteiger partial charge in [-0.05, 0) is 44.0 Å². The minimum absolute atomic E-state index is 0.0169. The molecule has 1 aromatic carbocycles. The lowest BCUT2D eigenvalue weighted by molar-refractivity contribution is -0.121. The van der Waals surface area contributed by atoms with Crippen molar-refractivity contribution in [1.82, 2.24) is 14.9 Å². The SMILES string of the molecule is Cc1csc(NC(=O)C2CCN(C(=O)c3cc4cc(Cl)ccc4[nH]3)CC2)n1. The molecule has 6 nitrogen and oxygen atoms in total. The van der Waals surface area contributed by atoms with Gasteiger partial charge in [-0.2, -0.15) is 0 Å². The number of carbonyl (C=O) groups excluding carboxylic acids is 2. The van der Waals surface area contributed by atoms with E-state index < -0.39 is 0 Å². The van der Waals surface area contributed by atoms with Gasteiger partial charge in [-0.1, -0.05) is 11.6 Å². The number of nitrogens with zero attached hydrogens (tertiary/aromatic N) is 2. The van der Waals surface area contributed by atoms with Gasteiger partial charge in [0, 0.05) is 40.3 Å². The molecular weight excluding hydrogens is 384 g/mol. The maximum atomic E-state index is 12.8. The van der Waals surface area contributed by atoms with E-state index in [0.29, 0.717) is 41.8 Å². The third kappa shape index (κ3) is 3.84. The number of aryl methyl sites for hydroxylation is 1. The van der Waals surface area contributed by atoms with E-state index in [4.69, 9.17) is 11.6 Å². The number of halogens is 1. The molecule has 2 aromatic heterocycles. The number of piperidine rings is 1. The summed E-state index contributed by atoms with van der Waals surface area (Å²) in [6.45, 7) is 3.02. The summed E-state index contributed by atoms with van der Waals surface area (Å²) in [5.41, 5.74) is 2.33. The minimum Gasteiger partial charge on any atom is -0.351 e. The first-order valence-electron chi connectivity index (χ1n) is 8.80. The van der Waals surface area contributed by atoms with E-state index in [9.17, 15) is 9.59 Å². The fourth-order valence-corrected chi connectivity index (χ4v) is 4.22. The molecule has 3 aromatic rings. The Kier molecular flexibility index (Phi) is 4.88. The number of anilines is 1. The first-order chi connectivity index (χ1) is 13.0. The monoisotopic (exact) mass is 402 g/mol. The topological polar surface area (TPSA) is 78.1 Å². The Morgan fingerprint density at radius 2 is 2.07 bits per heavy atom. The van der Waals surface area contributed by atoms with Crippen LogP contribution in [0.4, 0.5) is 5.13 Å². The second-order valence-electron chi connectivity index (χ2n) is 6.76. The highest BCUT2D eigenvalue weighted by molar-refractivity contribution is 7.13. The summed E-state index contributed by atoms with van der Waals surface area (Å²) in [5.74, 6) is -0.159. The fourth-order valence-electron chi connectivity index (χ4n) is 3.35. The highest BCUT2D eigenvalue weighted by atomic mass is 35.5. The standard InChI is InChI=1S/C19H19ClN4O2S/c1-11-10-27-19(21-11)23-17(25)12-4-6-24(7-5-12)18(26)16-9-13-8-14(20)2-3-15(13)22-16/h2-3,8-10,12,22H,4-7H2,1H3,(H,21,23,25). The van der Waals surface area contributed by atoms with Gasteiger partial charge in [-0.15, -0.1) is 11.3 Å². The zero-order valence-corrected chi connectivity index (χ0v) is 16.4.